The molecule has 0 aromatic heterocycles. The van der Waals surface area contributed by atoms with E-state index in [0.29, 0.717) is 5.92 Å². The predicted molar refractivity (Wildman–Crippen MR) is 127 cm³/mol. The summed E-state index contributed by atoms with van der Waals surface area (Å²) < 4.78 is 19.8. The third kappa shape index (κ3) is 7.19. The molecule has 0 saturated carbocycles. The Morgan fingerprint density at radius 1 is 0.970 bits per heavy atom. The van der Waals surface area contributed by atoms with E-state index in [9.17, 15) is 9.18 Å². The monoisotopic (exact) mass is 449 g/mol. The van der Waals surface area contributed by atoms with Gasteiger partial charge in [-0.3, -0.25) is 15.1 Å². The van der Waals surface area contributed by atoms with Crippen LogP contribution in [0.2, 0.25) is 0 Å². The molecule has 0 atom stereocenters. The molecule has 0 aliphatic rings. The van der Waals surface area contributed by atoms with Crippen molar-refractivity contribution < 1.29 is 23.9 Å². The van der Waals surface area contributed by atoms with Crippen molar-refractivity contribution in [3.63, 3.8) is 0 Å². The maximum absolute atomic E-state index is 14.3. The third-order valence-corrected chi connectivity index (χ3v) is 4.81. The Balaban J connectivity index is 1.56. The first-order valence-corrected chi connectivity index (χ1v) is 10.8. The highest BCUT2D eigenvalue weighted by atomic mass is 19.1. The number of aliphatic carboxylic acids is 1. The molecule has 0 amide bonds. The third-order valence-electron chi connectivity index (χ3n) is 4.81. The molecule has 0 radical (unpaired) electrons. The normalized spacial score (nSPS) is 11.5. The van der Waals surface area contributed by atoms with Crippen LogP contribution in [0.4, 0.5) is 4.39 Å². The molecule has 6 heteroatoms. The number of carboxylic acid groups (broad SMARTS) is 1. The van der Waals surface area contributed by atoms with Crippen LogP contribution in [0.3, 0.4) is 0 Å². The molecular weight excluding hydrogens is 421 g/mol. The summed E-state index contributed by atoms with van der Waals surface area (Å²) in [4.78, 5) is 16.4. The van der Waals surface area contributed by atoms with Crippen LogP contribution in [-0.2, 0) is 16.1 Å². The first-order chi connectivity index (χ1) is 15.9. The molecule has 0 saturated heterocycles. The van der Waals surface area contributed by atoms with Crippen LogP contribution >= 0.6 is 0 Å². The zero-order valence-corrected chi connectivity index (χ0v) is 18.8. The van der Waals surface area contributed by atoms with Crippen LogP contribution in [0.15, 0.2) is 78.9 Å². The second-order valence-corrected chi connectivity index (χ2v) is 7.87. The average molecular weight is 450 g/mol. The summed E-state index contributed by atoms with van der Waals surface area (Å²) in [6.07, 6.45) is 1.67. The number of allylic oxidation sites excluding steroid dienone is 1. The van der Waals surface area contributed by atoms with Gasteiger partial charge in [-0.25, -0.2) is 4.39 Å². The average Bonchev–Trinajstić information content (AvgIpc) is 2.80. The summed E-state index contributed by atoms with van der Waals surface area (Å²) in [5.41, 5.74) is 7.16. The fourth-order valence-electron chi connectivity index (χ4n) is 3.28. The van der Waals surface area contributed by atoms with E-state index in [2.05, 4.69) is 49.7 Å². The lowest BCUT2D eigenvalue weighted by Gasteiger charge is -2.14. The van der Waals surface area contributed by atoms with Crippen LogP contribution in [0.25, 0.3) is 16.8 Å². The van der Waals surface area contributed by atoms with Crippen LogP contribution in [-0.4, -0.2) is 24.3 Å². The predicted octanol–water partition coefficient (Wildman–Crippen LogP) is 5.72. The van der Waals surface area contributed by atoms with Crippen LogP contribution in [0.5, 0.6) is 5.75 Å². The van der Waals surface area contributed by atoms with Gasteiger partial charge in [-0.1, -0.05) is 86.7 Å². The molecule has 172 valence electrons. The molecule has 3 aromatic rings. The second-order valence-electron chi connectivity index (χ2n) is 7.87. The molecule has 0 unspecified atom stereocenters. The first kappa shape index (κ1) is 24.0. The summed E-state index contributed by atoms with van der Waals surface area (Å²) in [7, 11) is 0. The van der Waals surface area contributed by atoms with Crippen molar-refractivity contribution in [2.75, 3.05) is 13.2 Å². The Labute approximate surface area is 193 Å². The van der Waals surface area contributed by atoms with Crippen molar-refractivity contribution in [1.29, 1.82) is 0 Å². The maximum atomic E-state index is 14.3. The molecule has 3 rings (SSSR count). The number of hydroxylamine groups is 1. The lowest BCUT2D eigenvalue weighted by Crippen LogP contribution is -2.18. The Morgan fingerprint density at radius 3 is 2.33 bits per heavy atom. The van der Waals surface area contributed by atoms with Crippen molar-refractivity contribution in [1.82, 2.24) is 5.48 Å². The van der Waals surface area contributed by atoms with E-state index in [-0.39, 0.29) is 24.5 Å². The number of halogens is 1. The largest absolute Gasteiger partial charge is 0.488 e. The number of benzene rings is 3. The van der Waals surface area contributed by atoms with Crippen molar-refractivity contribution >= 4 is 11.7 Å². The Morgan fingerprint density at radius 2 is 1.67 bits per heavy atom. The van der Waals surface area contributed by atoms with Gasteiger partial charge < -0.3 is 9.84 Å². The summed E-state index contributed by atoms with van der Waals surface area (Å²) in [5, 5.41) is 8.87. The maximum Gasteiger partial charge on any atom is 0.307 e. The number of carboxylic acids is 1. The summed E-state index contributed by atoms with van der Waals surface area (Å²) in [6.45, 7) is 4.43. The fourth-order valence-corrected chi connectivity index (χ4v) is 3.28. The zero-order valence-electron chi connectivity index (χ0n) is 18.8. The molecule has 2 N–H and O–H groups in total. The minimum absolute atomic E-state index is 0.00629. The van der Waals surface area contributed by atoms with Crippen LogP contribution in [0, 0.1) is 11.7 Å². The molecule has 5 nitrogen and oxygen atoms in total. The molecule has 0 bridgehead atoms. The number of rotatable bonds is 11. The number of ether oxygens (including phenoxy) is 1. The SMILES string of the molecule is CC(C)C=C(NOCCOc1cccc(CC(=O)O)c1F)c1ccc(-c2ccccc2)cc1. The lowest BCUT2D eigenvalue weighted by molar-refractivity contribution is -0.136. The fraction of sp³-hybridized carbons (Fsp3) is 0.222. The van der Waals surface area contributed by atoms with Gasteiger partial charge in [-0.2, -0.15) is 0 Å². The Kier molecular flexibility index (Phi) is 8.61. The first-order valence-electron chi connectivity index (χ1n) is 10.8. The molecule has 0 aliphatic carbocycles. The standard InChI is InChI=1S/C27H28FNO4/c1-19(2)17-24(22-13-11-21(12-14-22)20-7-4-3-5-8-20)29-33-16-15-32-25-10-6-9-23(27(25)28)18-26(30)31/h3-14,17,19,29H,15-16,18H2,1-2H3,(H,30,31). The second kappa shape index (κ2) is 11.8. The molecule has 33 heavy (non-hydrogen) atoms. The van der Waals surface area contributed by atoms with Crippen molar-refractivity contribution in [2.45, 2.75) is 20.3 Å². The van der Waals surface area contributed by atoms with Crippen LogP contribution < -0.4 is 10.2 Å². The van der Waals surface area contributed by atoms with Gasteiger partial charge in [0.1, 0.15) is 13.2 Å². The smallest absolute Gasteiger partial charge is 0.307 e. The summed E-state index contributed by atoms with van der Waals surface area (Å²) in [5.74, 6) is -1.45. The highest BCUT2D eigenvalue weighted by Crippen LogP contribution is 2.23. The van der Waals surface area contributed by atoms with E-state index >= 15 is 0 Å². The Bertz CT molecular complexity index is 1080. The van der Waals surface area contributed by atoms with E-state index in [1.54, 1.807) is 6.07 Å². The lowest BCUT2D eigenvalue weighted by atomic mass is 10.0. The van der Waals surface area contributed by atoms with Crippen molar-refractivity contribution in [3.8, 4) is 16.9 Å². The summed E-state index contributed by atoms with van der Waals surface area (Å²) in [6, 6.07) is 22.8. The van der Waals surface area contributed by atoms with Gasteiger partial charge in [0.2, 0.25) is 0 Å². The molecule has 0 fully saturated rings. The van der Waals surface area contributed by atoms with Gasteiger partial charge in [0.05, 0.1) is 12.1 Å². The number of hydrogen-bond donors (Lipinski definition) is 2. The van der Waals surface area contributed by atoms with Gasteiger partial charge in [0.25, 0.3) is 0 Å². The van der Waals surface area contributed by atoms with Crippen molar-refractivity contribution in [2.24, 2.45) is 5.92 Å². The number of carbonyl (C=O) groups is 1. The van der Waals surface area contributed by atoms with Gasteiger partial charge in [0.15, 0.2) is 11.6 Å². The highest BCUT2D eigenvalue weighted by molar-refractivity contribution is 5.70. The molecule has 0 spiro atoms. The Hall–Kier alpha value is -3.64. The van der Waals surface area contributed by atoms with Gasteiger partial charge in [0, 0.05) is 5.56 Å². The van der Waals surface area contributed by atoms with Gasteiger partial charge in [-0.15, -0.1) is 0 Å². The topological polar surface area (TPSA) is 67.8 Å². The molecular formula is C27H28FNO4. The van der Waals surface area contributed by atoms with E-state index in [1.807, 2.05) is 30.3 Å². The van der Waals surface area contributed by atoms with Gasteiger partial charge >= 0.3 is 5.97 Å². The zero-order chi connectivity index (χ0) is 23.6. The molecule has 3 aromatic carbocycles. The summed E-state index contributed by atoms with van der Waals surface area (Å²) >= 11 is 0. The number of nitrogens with one attached hydrogen (secondary N) is 1. The van der Waals surface area contributed by atoms with Crippen LogP contribution in [0.1, 0.15) is 25.0 Å². The quantitative estimate of drug-likeness (QED) is 0.290. The van der Waals surface area contributed by atoms with Gasteiger partial charge in [-0.05, 0) is 28.7 Å². The highest BCUT2D eigenvalue weighted by Gasteiger charge is 2.12. The molecule has 0 aliphatic heterocycles. The minimum atomic E-state index is -1.10. The number of hydrogen-bond acceptors (Lipinski definition) is 4. The van der Waals surface area contributed by atoms with Crippen molar-refractivity contribution in [3.05, 3.63) is 95.8 Å². The van der Waals surface area contributed by atoms with E-state index in [0.717, 1.165) is 22.4 Å². The molecule has 0 heterocycles. The minimum Gasteiger partial charge on any atom is -0.488 e. The van der Waals surface area contributed by atoms with E-state index in [1.165, 1.54) is 12.1 Å². The van der Waals surface area contributed by atoms with E-state index < -0.39 is 18.2 Å². The van der Waals surface area contributed by atoms with E-state index in [4.69, 9.17) is 14.7 Å².